The molecule has 0 aliphatic heterocycles. The zero-order chi connectivity index (χ0) is 12.7. The number of alkyl halides is 1. The fraction of sp³-hybridized carbons (Fsp3) is 0.636. The average molecular weight is 260 g/mol. The quantitative estimate of drug-likeness (QED) is 0.751. The van der Waals surface area contributed by atoms with Crippen LogP contribution < -0.4 is 10.9 Å². The zero-order valence-electron chi connectivity index (χ0n) is 10.1. The van der Waals surface area contributed by atoms with Crippen molar-refractivity contribution >= 4 is 17.4 Å². The summed E-state index contributed by atoms with van der Waals surface area (Å²) in [5.74, 6) is 0.858. The van der Waals surface area contributed by atoms with E-state index in [1.807, 2.05) is 6.92 Å². The Kier molecular flexibility index (Phi) is 6.00. The van der Waals surface area contributed by atoms with E-state index in [9.17, 15) is 4.79 Å². The molecule has 0 aromatic carbocycles. The van der Waals surface area contributed by atoms with Crippen LogP contribution in [0.15, 0.2) is 17.2 Å². The van der Waals surface area contributed by atoms with E-state index in [4.69, 9.17) is 16.3 Å². The Morgan fingerprint density at radius 2 is 2.41 bits per heavy atom. The van der Waals surface area contributed by atoms with Crippen molar-refractivity contribution in [2.75, 3.05) is 24.9 Å². The lowest BCUT2D eigenvalue weighted by Crippen LogP contribution is -2.31. The Morgan fingerprint density at radius 1 is 1.65 bits per heavy atom. The maximum atomic E-state index is 11.9. The average Bonchev–Trinajstić information content (AvgIpc) is 2.32. The number of hydrogen-bond donors (Lipinski definition) is 1. The van der Waals surface area contributed by atoms with Crippen molar-refractivity contribution in [2.24, 2.45) is 0 Å². The molecule has 1 heterocycles. The molecule has 17 heavy (non-hydrogen) atoms. The summed E-state index contributed by atoms with van der Waals surface area (Å²) in [5, 5.41) is 3.07. The molecule has 0 spiro atoms. The lowest BCUT2D eigenvalue weighted by molar-refractivity contribution is 0.184. The van der Waals surface area contributed by atoms with Crippen molar-refractivity contribution < 1.29 is 4.74 Å². The number of hydrogen-bond acceptors (Lipinski definition) is 4. The number of rotatable bonds is 7. The zero-order valence-corrected chi connectivity index (χ0v) is 10.9. The number of aryl methyl sites for hydroxylation is 1. The highest BCUT2D eigenvalue weighted by Crippen LogP contribution is 2.03. The third-order valence-electron chi connectivity index (χ3n) is 2.42. The minimum atomic E-state index is -0.120. The van der Waals surface area contributed by atoms with Gasteiger partial charge in [-0.1, -0.05) is 0 Å². The van der Waals surface area contributed by atoms with Gasteiger partial charge in [0.1, 0.15) is 0 Å². The second-order valence-corrected chi connectivity index (χ2v) is 4.02. The molecule has 1 rings (SSSR count). The van der Waals surface area contributed by atoms with Gasteiger partial charge in [-0.2, -0.15) is 0 Å². The number of halogens is 1. The molecule has 0 fully saturated rings. The Hall–Kier alpha value is -1.07. The van der Waals surface area contributed by atoms with Crippen molar-refractivity contribution in [3.05, 3.63) is 22.7 Å². The summed E-state index contributed by atoms with van der Waals surface area (Å²) in [4.78, 5) is 16.0. The molecular formula is C11H18ClN3O2. The predicted molar refractivity (Wildman–Crippen MR) is 68.8 cm³/mol. The van der Waals surface area contributed by atoms with Crippen LogP contribution in [0.25, 0.3) is 0 Å². The summed E-state index contributed by atoms with van der Waals surface area (Å²) in [6.07, 6.45) is 4.00. The van der Waals surface area contributed by atoms with Gasteiger partial charge in [-0.15, -0.1) is 11.6 Å². The maximum Gasteiger partial charge on any atom is 0.293 e. The smallest absolute Gasteiger partial charge is 0.293 e. The van der Waals surface area contributed by atoms with Gasteiger partial charge >= 0.3 is 0 Å². The number of nitrogens with zero attached hydrogens (tertiary/aromatic N) is 2. The van der Waals surface area contributed by atoms with Gasteiger partial charge in [0.25, 0.3) is 5.56 Å². The Morgan fingerprint density at radius 3 is 3.00 bits per heavy atom. The SMILES string of the molecule is CCn1ccnc(NC(CCCl)COC)c1=O. The van der Waals surface area contributed by atoms with Crippen molar-refractivity contribution in [3.63, 3.8) is 0 Å². The fourth-order valence-corrected chi connectivity index (χ4v) is 1.78. The number of anilines is 1. The summed E-state index contributed by atoms with van der Waals surface area (Å²) >= 11 is 5.70. The van der Waals surface area contributed by atoms with Crippen LogP contribution in [-0.2, 0) is 11.3 Å². The van der Waals surface area contributed by atoms with E-state index >= 15 is 0 Å². The molecule has 1 unspecified atom stereocenters. The molecule has 1 atom stereocenters. The van der Waals surface area contributed by atoms with Gasteiger partial charge in [0.15, 0.2) is 5.82 Å². The summed E-state index contributed by atoms with van der Waals surface area (Å²) in [6.45, 7) is 3.03. The van der Waals surface area contributed by atoms with E-state index in [1.165, 1.54) is 0 Å². The fourth-order valence-electron chi connectivity index (χ4n) is 1.52. The first-order chi connectivity index (χ1) is 8.22. The third kappa shape index (κ3) is 4.02. The van der Waals surface area contributed by atoms with Gasteiger partial charge in [-0.05, 0) is 13.3 Å². The highest BCUT2D eigenvalue weighted by molar-refractivity contribution is 6.17. The summed E-state index contributed by atoms with van der Waals surface area (Å²) in [5.41, 5.74) is -0.120. The molecule has 1 N–H and O–H groups in total. The second-order valence-electron chi connectivity index (χ2n) is 3.64. The minimum Gasteiger partial charge on any atom is -0.383 e. The predicted octanol–water partition coefficient (Wildman–Crippen LogP) is 1.32. The Bertz CT molecular complexity index is 389. The van der Waals surface area contributed by atoms with E-state index < -0.39 is 0 Å². The molecular weight excluding hydrogens is 242 g/mol. The van der Waals surface area contributed by atoms with Crippen LogP contribution in [0.1, 0.15) is 13.3 Å². The highest BCUT2D eigenvalue weighted by atomic mass is 35.5. The summed E-state index contributed by atoms with van der Waals surface area (Å²) in [7, 11) is 1.62. The molecule has 5 nitrogen and oxygen atoms in total. The maximum absolute atomic E-state index is 11.9. The van der Waals surface area contributed by atoms with E-state index in [0.29, 0.717) is 24.8 Å². The van der Waals surface area contributed by atoms with Crippen LogP contribution in [0.5, 0.6) is 0 Å². The highest BCUT2D eigenvalue weighted by Gasteiger charge is 2.11. The normalized spacial score (nSPS) is 12.4. The van der Waals surface area contributed by atoms with Gasteiger partial charge in [-0.25, -0.2) is 4.98 Å². The second kappa shape index (κ2) is 7.29. The van der Waals surface area contributed by atoms with Crippen LogP contribution in [0.2, 0.25) is 0 Å². The van der Waals surface area contributed by atoms with Crippen molar-refractivity contribution in [3.8, 4) is 0 Å². The van der Waals surface area contributed by atoms with E-state index in [2.05, 4.69) is 10.3 Å². The van der Waals surface area contributed by atoms with Gasteiger partial charge < -0.3 is 14.6 Å². The van der Waals surface area contributed by atoms with Crippen molar-refractivity contribution in [1.82, 2.24) is 9.55 Å². The molecule has 6 heteroatoms. The molecule has 0 aliphatic carbocycles. The third-order valence-corrected chi connectivity index (χ3v) is 2.64. The molecule has 0 aliphatic rings. The van der Waals surface area contributed by atoms with Crippen LogP contribution in [-0.4, -0.2) is 35.2 Å². The molecule has 0 radical (unpaired) electrons. The van der Waals surface area contributed by atoms with Gasteiger partial charge in [0.2, 0.25) is 0 Å². The standard InChI is InChI=1S/C11H18ClN3O2/c1-3-15-7-6-13-10(11(15)16)14-9(4-5-12)8-17-2/h6-7,9H,3-5,8H2,1-2H3,(H,13,14). The Balaban J connectivity index is 2.81. The van der Waals surface area contributed by atoms with Crippen molar-refractivity contribution in [1.29, 1.82) is 0 Å². The van der Waals surface area contributed by atoms with Crippen LogP contribution >= 0.6 is 11.6 Å². The van der Waals surface area contributed by atoms with Gasteiger partial charge in [-0.3, -0.25) is 4.79 Å². The number of methoxy groups -OCH3 is 1. The first-order valence-corrected chi connectivity index (χ1v) is 6.13. The topological polar surface area (TPSA) is 56.1 Å². The van der Waals surface area contributed by atoms with Gasteiger partial charge in [0.05, 0.1) is 12.6 Å². The molecule has 1 aromatic heterocycles. The minimum absolute atomic E-state index is 0.00501. The summed E-state index contributed by atoms with van der Waals surface area (Å²) < 4.78 is 6.66. The van der Waals surface area contributed by atoms with E-state index in [-0.39, 0.29) is 11.6 Å². The number of aromatic nitrogens is 2. The van der Waals surface area contributed by atoms with Crippen LogP contribution in [0.4, 0.5) is 5.82 Å². The van der Waals surface area contributed by atoms with Crippen LogP contribution in [0.3, 0.4) is 0 Å². The van der Waals surface area contributed by atoms with Crippen molar-refractivity contribution in [2.45, 2.75) is 25.9 Å². The Labute approximate surface area is 106 Å². The number of ether oxygens (including phenoxy) is 1. The first kappa shape index (κ1) is 14.0. The molecule has 0 saturated heterocycles. The molecule has 0 saturated carbocycles. The molecule has 96 valence electrons. The molecule has 1 aromatic rings. The lowest BCUT2D eigenvalue weighted by Gasteiger charge is -2.17. The lowest BCUT2D eigenvalue weighted by atomic mass is 10.2. The number of nitrogens with one attached hydrogen (secondary N) is 1. The molecule has 0 amide bonds. The molecule has 0 bridgehead atoms. The summed E-state index contributed by atoms with van der Waals surface area (Å²) in [6, 6.07) is 0.00501. The van der Waals surface area contributed by atoms with E-state index in [1.54, 1.807) is 24.1 Å². The van der Waals surface area contributed by atoms with Gasteiger partial charge in [0, 0.05) is 31.9 Å². The largest absolute Gasteiger partial charge is 0.383 e. The van der Waals surface area contributed by atoms with Crippen LogP contribution in [0, 0.1) is 0 Å². The van der Waals surface area contributed by atoms with E-state index in [0.717, 1.165) is 6.42 Å². The first-order valence-electron chi connectivity index (χ1n) is 5.59. The monoisotopic (exact) mass is 259 g/mol.